The predicted molar refractivity (Wildman–Crippen MR) is 122 cm³/mol. The Balaban J connectivity index is 2.12. The zero-order chi connectivity index (χ0) is 24.1. The number of aromatic nitrogens is 1. The summed E-state index contributed by atoms with van der Waals surface area (Å²) in [6.07, 6.45) is 2.05. The summed E-state index contributed by atoms with van der Waals surface area (Å²) in [4.78, 5) is 39.3. The van der Waals surface area contributed by atoms with Gasteiger partial charge in [0.05, 0.1) is 17.6 Å². The molecule has 9 nitrogen and oxygen atoms in total. The number of nitrogens with two attached hydrogens (primary N) is 2. The Kier molecular flexibility index (Phi) is 7.44. The Morgan fingerprint density at radius 2 is 1.94 bits per heavy atom. The van der Waals surface area contributed by atoms with Crippen molar-refractivity contribution in [3.63, 3.8) is 0 Å². The second-order valence-corrected chi connectivity index (χ2v) is 8.43. The summed E-state index contributed by atoms with van der Waals surface area (Å²) in [6, 6.07) is 7.22. The topological polar surface area (TPSA) is 145 Å². The third kappa shape index (κ3) is 5.20. The van der Waals surface area contributed by atoms with E-state index in [9.17, 15) is 18.8 Å². The van der Waals surface area contributed by atoms with Crippen LogP contribution in [0.1, 0.15) is 52.2 Å². The largest absolute Gasteiger partial charge is 0.467 e. The predicted octanol–water partition coefficient (Wildman–Crippen LogP) is 3.11. The number of primary amides is 1. The second kappa shape index (κ2) is 10.3. The van der Waals surface area contributed by atoms with Gasteiger partial charge in [0.1, 0.15) is 16.5 Å². The molecule has 0 saturated carbocycles. The number of carbonyl (C=O) groups excluding carboxylic acids is 3. The highest BCUT2D eigenvalue weighted by Crippen LogP contribution is 2.34. The number of hydrogen-bond donors (Lipinski definition) is 3. The first-order valence-corrected chi connectivity index (χ1v) is 10.9. The lowest BCUT2D eigenvalue weighted by Crippen LogP contribution is -2.44. The number of para-hydroxylation sites is 1. The quantitative estimate of drug-likeness (QED) is 0.435. The molecule has 3 aromatic rings. The van der Waals surface area contributed by atoms with Gasteiger partial charge in [0.25, 0.3) is 17.7 Å². The zero-order valence-electron chi connectivity index (χ0n) is 18.1. The number of anilines is 2. The van der Waals surface area contributed by atoms with E-state index in [0.29, 0.717) is 30.4 Å². The van der Waals surface area contributed by atoms with E-state index in [0.717, 1.165) is 11.0 Å². The molecular formula is C22H24FN5O4S. The molecule has 2 aromatic heterocycles. The van der Waals surface area contributed by atoms with E-state index in [1.54, 1.807) is 6.07 Å². The number of furan rings is 1. The first kappa shape index (κ1) is 23.9. The third-order valence-corrected chi connectivity index (χ3v) is 5.68. The highest BCUT2D eigenvalue weighted by molar-refractivity contribution is 7.09. The second-order valence-electron chi connectivity index (χ2n) is 7.66. The van der Waals surface area contributed by atoms with Gasteiger partial charge in [-0.05, 0) is 48.1 Å². The number of carbonyl (C=O) groups is 3. The van der Waals surface area contributed by atoms with Gasteiger partial charge in [-0.25, -0.2) is 4.39 Å². The molecule has 1 atom stereocenters. The molecule has 0 aliphatic heterocycles. The van der Waals surface area contributed by atoms with E-state index in [1.165, 1.54) is 30.5 Å². The SMILES string of the molecule is CC(C)CCNC(=O)[C@@H](c1ccco1)N(C(=O)c1snc(C(N)=O)c1N)c1ccccc1F. The molecule has 0 bridgehead atoms. The van der Waals surface area contributed by atoms with Crippen molar-refractivity contribution in [1.82, 2.24) is 9.69 Å². The fraction of sp³-hybridized carbons (Fsp3) is 0.273. The molecule has 0 unspecified atom stereocenters. The number of nitrogen functional groups attached to an aromatic ring is 1. The van der Waals surface area contributed by atoms with Crippen molar-refractivity contribution in [3.05, 3.63) is 64.8 Å². The molecule has 2 heterocycles. The van der Waals surface area contributed by atoms with Crippen LogP contribution < -0.4 is 21.7 Å². The van der Waals surface area contributed by atoms with Gasteiger partial charge in [0.15, 0.2) is 11.7 Å². The summed E-state index contributed by atoms with van der Waals surface area (Å²) in [5.74, 6) is -2.60. The van der Waals surface area contributed by atoms with Crippen LogP contribution in [0.25, 0.3) is 0 Å². The minimum atomic E-state index is -1.35. The van der Waals surface area contributed by atoms with E-state index < -0.39 is 29.6 Å². The van der Waals surface area contributed by atoms with Crippen molar-refractivity contribution in [2.24, 2.45) is 11.7 Å². The summed E-state index contributed by atoms with van der Waals surface area (Å²) in [7, 11) is 0. The van der Waals surface area contributed by atoms with E-state index in [4.69, 9.17) is 15.9 Å². The molecule has 174 valence electrons. The van der Waals surface area contributed by atoms with E-state index in [1.807, 2.05) is 13.8 Å². The Bertz CT molecular complexity index is 1150. The Morgan fingerprint density at radius 3 is 2.52 bits per heavy atom. The Hall–Kier alpha value is -3.73. The van der Waals surface area contributed by atoms with Crippen LogP contribution in [0, 0.1) is 11.7 Å². The first-order valence-electron chi connectivity index (χ1n) is 10.2. The number of halogens is 1. The average Bonchev–Trinajstić information content (AvgIpc) is 3.41. The van der Waals surface area contributed by atoms with Crippen molar-refractivity contribution < 1.29 is 23.2 Å². The summed E-state index contributed by atoms with van der Waals surface area (Å²) >= 11 is 0.638. The molecule has 5 N–H and O–H groups in total. The fourth-order valence-corrected chi connectivity index (χ4v) is 3.90. The number of amides is 3. The highest BCUT2D eigenvalue weighted by Gasteiger charge is 2.38. The van der Waals surface area contributed by atoms with Crippen LogP contribution in [0.15, 0.2) is 47.1 Å². The molecule has 0 spiro atoms. The third-order valence-electron chi connectivity index (χ3n) is 4.83. The van der Waals surface area contributed by atoms with Crippen molar-refractivity contribution >= 4 is 40.6 Å². The minimum Gasteiger partial charge on any atom is -0.467 e. The van der Waals surface area contributed by atoms with Gasteiger partial charge >= 0.3 is 0 Å². The van der Waals surface area contributed by atoms with Crippen molar-refractivity contribution in [2.75, 3.05) is 17.2 Å². The maximum Gasteiger partial charge on any atom is 0.273 e. The molecule has 0 saturated heterocycles. The molecule has 0 aliphatic carbocycles. The maximum absolute atomic E-state index is 14.9. The number of rotatable bonds is 9. The van der Waals surface area contributed by atoms with E-state index in [2.05, 4.69) is 9.69 Å². The van der Waals surface area contributed by atoms with Crippen LogP contribution in [-0.2, 0) is 4.79 Å². The molecule has 0 aliphatic rings. The normalized spacial score (nSPS) is 11.9. The van der Waals surface area contributed by atoms with Gasteiger partial charge < -0.3 is 21.2 Å². The van der Waals surface area contributed by atoms with Crippen LogP contribution in [0.3, 0.4) is 0 Å². The van der Waals surface area contributed by atoms with Crippen molar-refractivity contribution in [2.45, 2.75) is 26.3 Å². The zero-order valence-corrected chi connectivity index (χ0v) is 18.9. The Labute approximate surface area is 193 Å². The maximum atomic E-state index is 14.9. The lowest BCUT2D eigenvalue weighted by atomic mass is 10.1. The molecular weight excluding hydrogens is 449 g/mol. The van der Waals surface area contributed by atoms with Crippen LogP contribution in [-0.4, -0.2) is 28.6 Å². The van der Waals surface area contributed by atoms with Gasteiger partial charge in [0, 0.05) is 6.54 Å². The fourth-order valence-electron chi connectivity index (χ4n) is 3.15. The first-order chi connectivity index (χ1) is 15.7. The summed E-state index contributed by atoms with van der Waals surface area (Å²) in [5.41, 5.74) is 10.5. The number of hydrogen-bond acceptors (Lipinski definition) is 7. The van der Waals surface area contributed by atoms with Crippen molar-refractivity contribution in [3.8, 4) is 0 Å². The molecule has 33 heavy (non-hydrogen) atoms. The molecule has 3 rings (SSSR count). The number of benzene rings is 1. The lowest BCUT2D eigenvalue weighted by Gasteiger charge is -2.30. The smallest absolute Gasteiger partial charge is 0.273 e. The van der Waals surface area contributed by atoms with E-state index in [-0.39, 0.29) is 27.7 Å². The van der Waals surface area contributed by atoms with Crippen LogP contribution >= 0.6 is 11.5 Å². The van der Waals surface area contributed by atoms with Crippen LogP contribution in [0.2, 0.25) is 0 Å². The van der Waals surface area contributed by atoms with Gasteiger partial charge in [0.2, 0.25) is 0 Å². The average molecular weight is 474 g/mol. The van der Waals surface area contributed by atoms with Crippen LogP contribution in [0.5, 0.6) is 0 Å². The highest BCUT2D eigenvalue weighted by atomic mass is 32.1. The molecule has 0 radical (unpaired) electrons. The Morgan fingerprint density at radius 1 is 1.21 bits per heavy atom. The van der Waals surface area contributed by atoms with Gasteiger partial charge in [-0.1, -0.05) is 26.0 Å². The monoisotopic (exact) mass is 473 g/mol. The molecule has 3 amide bonds. The number of nitrogens with one attached hydrogen (secondary N) is 1. The van der Waals surface area contributed by atoms with Crippen molar-refractivity contribution in [1.29, 1.82) is 0 Å². The minimum absolute atomic E-state index is 0.117. The summed E-state index contributed by atoms with van der Waals surface area (Å²) in [6.45, 7) is 4.37. The summed E-state index contributed by atoms with van der Waals surface area (Å²) in [5, 5.41) is 2.78. The van der Waals surface area contributed by atoms with Gasteiger partial charge in [-0.3, -0.25) is 19.3 Å². The lowest BCUT2D eigenvalue weighted by molar-refractivity contribution is -0.122. The van der Waals surface area contributed by atoms with Gasteiger partial charge in [-0.15, -0.1) is 0 Å². The molecule has 0 fully saturated rings. The van der Waals surface area contributed by atoms with Gasteiger partial charge in [-0.2, -0.15) is 4.37 Å². The molecule has 11 heteroatoms. The standard InChI is InChI=1S/C22H24FN5O4S/c1-12(2)9-10-26-21(30)18(15-8-5-11-32-15)28(14-7-4-3-6-13(14)23)22(31)19-16(24)17(20(25)29)27-33-19/h3-8,11-12,18H,9-10,24H2,1-2H3,(H2,25,29)(H,26,30)/t18-/m1/s1. The van der Waals surface area contributed by atoms with Crippen LogP contribution in [0.4, 0.5) is 15.8 Å². The summed E-state index contributed by atoms with van der Waals surface area (Å²) < 4.78 is 24.2. The molecule has 1 aromatic carbocycles. The number of nitrogens with zero attached hydrogens (tertiary/aromatic N) is 2. The van der Waals surface area contributed by atoms with E-state index >= 15 is 0 Å².